The molecule has 1 aromatic carbocycles. The molecule has 26 heavy (non-hydrogen) atoms. The molecule has 2 aliphatic rings. The van der Waals surface area contributed by atoms with Gasteiger partial charge in [0.15, 0.2) is 0 Å². The van der Waals surface area contributed by atoms with Crippen molar-refractivity contribution in [3.8, 4) is 0 Å². The zero-order valence-corrected chi connectivity index (χ0v) is 15.0. The first-order chi connectivity index (χ1) is 12.7. The maximum atomic E-state index is 12.6. The van der Waals surface area contributed by atoms with Gasteiger partial charge in [-0.25, -0.2) is 4.98 Å². The number of nitrogens with one attached hydrogen (secondary N) is 2. The number of benzene rings is 1. The number of fused-ring (bicyclic) bond motifs is 1. The lowest BCUT2D eigenvalue weighted by atomic mass is 9.95. The summed E-state index contributed by atoms with van der Waals surface area (Å²) in [5.74, 6) is 1.02. The van der Waals surface area contributed by atoms with Crippen molar-refractivity contribution in [2.24, 2.45) is 5.92 Å². The van der Waals surface area contributed by atoms with Crippen LogP contribution in [-0.4, -0.2) is 27.4 Å². The molecule has 4 rings (SSSR count). The van der Waals surface area contributed by atoms with Crippen molar-refractivity contribution in [2.75, 3.05) is 0 Å². The van der Waals surface area contributed by atoms with Crippen molar-refractivity contribution in [3.63, 3.8) is 0 Å². The third-order valence-electron chi connectivity index (χ3n) is 5.37. The molecule has 0 radical (unpaired) electrons. The standard InChI is InChI=1S/C20H26N4O2/c25-19(22-15-6-2-1-3-7-15)13-24-17-9-5-4-8-16(17)23-18(24)12-21-20(26)14-10-11-14/h4-5,8-9,14-15H,1-3,6-7,10-13H2,(H,21,26)(H,22,25). The van der Waals surface area contributed by atoms with Crippen LogP contribution in [0.5, 0.6) is 0 Å². The molecule has 0 atom stereocenters. The fourth-order valence-electron chi connectivity index (χ4n) is 3.76. The lowest BCUT2D eigenvalue weighted by Crippen LogP contribution is -2.38. The minimum absolute atomic E-state index is 0.0230. The van der Waals surface area contributed by atoms with Gasteiger partial charge in [-0.15, -0.1) is 0 Å². The Morgan fingerprint density at radius 2 is 1.85 bits per heavy atom. The van der Waals surface area contributed by atoms with E-state index in [4.69, 9.17) is 0 Å². The highest BCUT2D eigenvalue weighted by molar-refractivity contribution is 5.82. The molecule has 2 amide bonds. The molecular weight excluding hydrogens is 328 g/mol. The summed E-state index contributed by atoms with van der Waals surface area (Å²) in [6.45, 7) is 0.604. The van der Waals surface area contributed by atoms with Crippen molar-refractivity contribution < 1.29 is 9.59 Å². The average molecular weight is 354 g/mol. The van der Waals surface area contributed by atoms with E-state index in [0.29, 0.717) is 12.6 Å². The average Bonchev–Trinajstić information content (AvgIpc) is 3.45. The summed E-state index contributed by atoms with van der Waals surface area (Å²) < 4.78 is 1.93. The van der Waals surface area contributed by atoms with Gasteiger partial charge in [-0.05, 0) is 37.8 Å². The predicted molar refractivity (Wildman–Crippen MR) is 99.3 cm³/mol. The highest BCUT2D eigenvalue weighted by Crippen LogP contribution is 2.29. The predicted octanol–water partition coefficient (Wildman–Crippen LogP) is 2.51. The molecule has 2 aliphatic carbocycles. The van der Waals surface area contributed by atoms with Gasteiger partial charge < -0.3 is 15.2 Å². The Morgan fingerprint density at radius 1 is 1.08 bits per heavy atom. The number of nitrogens with zero attached hydrogens (tertiary/aromatic N) is 2. The minimum atomic E-state index is 0.0230. The van der Waals surface area contributed by atoms with Crippen LogP contribution in [0.2, 0.25) is 0 Å². The number of para-hydroxylation sites is 2. The number of aromatic nitrogens is 2. The number of amides is 2. The molecule has 0 unspecified atom stereocenters. The van der Waals surface area contributed by atoms with Crippen LogP contribution in [0.1, 0.15) is 50.8 Å². The summed E-state index contributed by atoms with van der Waals surface area (Å²) in [4.78, 5) is 29.2. The molecule has 2 N–H and O–H groups in total. The molecule has 6 nitrogen and oxygen atoms in total. The van der Waals surface area contributed by atoms with Crippen LogP contribution in [0.4, 0.5) is 0 Å². The maximum absolute atomic E-state index is 12.6. The Morgan fingerprint density at radius 3 is 2.62 bits per heavy atom. The van der Waals surface area contributed by atoms with E-state index in [1.54, 1.807) is 0 Å². The highest BCUT2D eigenvalue weighted by atomic mass is 16.2. The smallest absolute Gasteiger partial charge is 0.240 e. The second-order valence-corrected chi connectivity index (χ2v) is 7.50. The Balaban J connectivity index is 1.48. The molecule has 6 heteroatoms. The van der Waals surface area contributed by atoms with Crippen molar-refractivity contribution in [3.05, 3.63) is 30.1 Å². The molecule has 2 fully saturated rings. The van der Waals surface area contributed by atoms with Crippen LogP contribution in [0.15, 0.2) is 24.3 Å². The van der Waals surface area contributed by atoms with Gasteiger partial charge in [0.1, 0.15) is 12.4 Å². The first kappa shape index (κ1) is 17.1. The Labute approximate surface area is 153 Å². The van der Waals surface area contributed by atoms with E-state index >= 15 is 0 Å². The monoisotopic (exact) mass is 354 g/mol. The van der Waals surface area contributed by atoms with Gasteiger partial charge in [0.25, 0.3) is 0 Å². The van der Waals surface area contributed by atoms with Gasteiger partial charge in [0.2, 0.25) is 11.8 Å². The second kappa shape index (κ2) is 7.48. The lowest BCUT2D eigenvalue weighted by molar-refractivity contribution is -0.122. The molecule has 0 spiro atoms. The van der Waals surface area contributed by atoms with E-state index in [-0.39, 0.29) is 24.3 Å². The third-order valence-corrected chi connectivity index (χ3v) is 5.37. The Bertz CT molecular complexity index is 803. The van der Waals surface area contributed by atoms with E-state index in [1.165, 1.54) is 19.3 Å². The van der Waals surface area contributed by atoms with Gasteiger partial charge in [-0.3, -0.25) is 9.59 Å². The molecule has 2 aromatic rings. The maximum Gasteiger partial charge on any atom is 0.240 e. The number of imidazole rings is 1. The number of hydrogen-bond donors (Lipinski definition) is 2. The normalized spacial score (nSPS) is 18.0. The first-order valence-corrected chi connectivity index (χ1v) is 9.72. The zero-order valence-electron chi connectivity index (χ0n) is 15.0. The minimum Gasteiger partial charge on any atom is -0.352 e. The summed E-state index contributed by atoms with van der Waals surface area (Å²) >= 11 is 0. The topological polar surface area (TPSA) is 76.0 Å². The van der Waals surface area contributed by atoms with Gasteiger partial charge >= 0.3 is 0 Å². The van der Waals surface area contributed by atoms with E-state index < -0.39 is 0 Å². The quantitative estimate of drug-likeness (QED) is 0.837. The van der Waals surface area contributed by atoms with Gasteiger partial charge in [0, 0.05) is 12.0 Å². The van der Waals surface area contributed by atoms with Crippen molar-refractivity contribution in [1.29, 1.82) is 0 Å². The first-order valence-electron chi connectivity index (χ1n) is 9.72. The van der Waals surface area contributed by atoms with Crippen LogP contribution < -0.4 is 10.6 Å². The van der Waals surface area contributed by atoms with E-state index in [1.807, 2.05) is 28.8 Å². The van der Waals surface area contributed by atoms with Crippen molar-refractivity contribution in [2.45, 2.75) is 64.1 Å². The van der Waals surface area contributed by atoms with Crippen molar-refractivity contribution >= 4 is 22.8 Å². The number of rotatable bonds is 6. The summed E-state index contributed by atoms with van der Waals surface area (Å²) in [6.07, 6.45) is 7.75. The van der Waals surface area contributed by atoms with Crippen LogP contribution in [0.25, 0.3) is 11.0 Å². The second-order valence-electron chi connectivity index (χ2n) is 7.50. The lowest BCUT2D eigenvalue weighted by Gasteiger charge is -2.23. The summed E-state index contributed by atoms with van der Waals surface area (Å²) in [5.41, 5.74) is 1.79. The summed E-state index contributed by atoms with van der Waals surface area (Å²) in [7, 11) is 0. The van der Waals surface area contributed by atoms with E-state index in [0.717, 1.165) is 42.5 Å². The largest absolute Gasteiger partial charge is 0.352 e. The molecular formula is C20H26N4O2. The third kappa shape index (κ3) is 3.89. The number of hydrogen-bond acceptors (Lipinski definition) is 3. The van der Waals surface area contributed by atoms with Crippen LogP contribution in [0, 0.1) is 5.92 Å². The molecule has 138 valence electrons. The van der Waals surface area contributed by atoms with E-state index in [9.17, 15) is 9.59 Å². The van der Waals surface area contributed by atoms with Gasteiger partial charge in [0.05, 0.1) is 17.6 Å². The van der Waals surface area contributed by atoms with Crippen LogP contribution in [0.3, 0.4) is 0 Å². The molecule has 0 bridgehead atoms. The van der Waals surface area contributed by atoms with Crippen LogP contribution in [-0.2, 0) is 22.7 Å². The molecule has 0 aliphatic heterocycles. The highest BCUT2D eigenvalue weighted by Gasteiger charge is 2.29. The fraction of sp³-hybridized carbons (Fsp3) is 0.550. The fourth-order valence-corrected chi connectivity index (χ4v) is 3.76. The molecule has 1 heterocycles. The molecule has 0 saturated heterocycles. The van der Waals surface area contributed by atoms with Crippen LogP contribution >= 0.6 is 0 Å². The van der Waals surface area contributed by atoms with Gasteiger partial charge in [-0.2, -0.15) is 0 Å². The van der Waals surface area contributed by atoms with E-state index in [2.05, 4.69) is 15.6 Å². The molecule has 1 aromatic heterocycles. The summed E-state index contributed by atoms with van der Waals surface area (Å²) in [5, 5.41) is 6.13. The van der Waals surface area contributed by atoms with Crippen molar-refractivity contribution in [1.82, 2.24) is 20.2 Å². The SMILES string of the molecule is O=C(Cn1c(CNC(=O)C2CC2)nc2ccccc21)NC1CCCCC1. The number of carbonyl (C=O) groups is 2. The summed E-state index contributed by atoms with van der Waals surface area (Å²) in [6, 6.07) is 8.10. The number of carbonyl (C=O) groups excluding carboxylic acids is 2. The Kier molecular flexibility index (Phi) is 4.91. The Hall–Kier alpha value is -2.37. The van der Waals surface area contributed by atoms with Gasteiger partial charge in [-0.1, -0.05) is 31.4 Å². The zero-order chi connectivity index (χ0) is 17.9. The molecule has 2 saturated carbocycles.